The lowest BCUT2D eigenvalue weighted by Gasteiger charge is -2.26. The first-order chi connectivity index (χ1) is 25.1. The summed E-state index contributed by atoms with van der Waals surface area (Å²) in [4.78, 5) is 0. The minimum atomic E-state index is 1.26. The quantitative estimate of drug-likeness (QED) is 0.132. The van der Waals surface area contributed by atoms with Crippen LogP contribution in [0.4, 0.5) is 0 Å². The number of rotatable bonds is 3. The van der Waals surface area contributed by atoms with E-state index in [0.717, 1.165) is 0 Å². The van der Waals surface area contributed by atoms with E-state index >= 15 is 0 Å². The van der Waals surface area contributed by atoms with E-state index in [0.29, 0.717) is 0 Å². The Balaban J connectivity index is 1.45. The molecule has 0 saturated heterocycles. The topological polar surface area (TPSA) is 0 Å². The van der Waals surface area contributed by atoms with Gasteiger partial charge in [-0.1, -0.05) is 146 Å². The van der Waals surface area contributed by atoms with Gasteiger partial charge in [-0.05, 0) is 154 Å². The molecule has 0 aromatic heterocycles. The van der Waals surface area contributed by atoms with Gasteiger partial charge >= 0.3 is 0 Å². The summed E-state index contributed by atoms with van der Waals surface area (Å²) >= 11 is 0. The molecular formula is C51H36. The van der Waals surface area contributed by atoms with Gasteiger partial charge < -0.3 is 0 Å². The summed E-state index contributed by atoms with van der Waals surface area (Å²) in [6, 6.07) is 60.7. The maximum Gasteiger partial charge on any atom is -0.00210 e. The fraction of sp³-hybridized carbons (Fsp3) is 0.0588. The second-order valence-electron chi connectivity index (χ2n) is 14.1. The molecule has 51 heavy (non-hydrogen) atoms. The van der Waals surface area contributed by atoms with E-state index in [1.807, 2.05) is 0 Å². The van der Waals surface area contributed by atoms with Crippen molar-refractivity contribution >= 4 is 64.6 Å². The molecule has 0 saturated carbocycles. The third-order valence-corrected chi connectivity index (χ3v) is 11.3. The predicted molar refractivity (Wildman–Crippen MR) is 222 cm³/mol. The summed E-state index contributed by atoms with van der Waals surface area (Å²) in [7, 11) is 0. The largest absolute Gasteiger partial charge is 0.0616 e. The normalized spacial score (nSPS) is 11.8. The molecule has 10 aromatic rings. The van der Waals surface area contributed by atoms with Gasteiger partial charge in [0.15, 0.2) is 0 Å². The fourth-order valence-corrected chi connectivity index (χ4v) is 9.21. The van der Waals surface area contributed by atoms with Gasteiger partial charge in [-0.2, -0.15) is 0 Å². The fourth-order valence-electron chi connectivity index (χ4n) is 9.21. The maximum absolute atomic E-state index is 2.44. The summed E-state index contributed by atoms with van der Waals surface area (Å²) in [5, 5.41) is 15.4. The number of hydrogen-bond donors (Lipinski definition) is 0. The van der Waals surface area contributed by atoms with Crippen LogP contribution < -0.4 is 0 Å². The van der Waals surface area contributed by atoms with Gasteiger partial charge in [0.25, 0.3) is 0 Å². The molecule has 0 spiro atoms. The van der Waals surface area contributed by atoms with Crippen molar-refractivity contribution in [3.05, 3.63) is 180 Å². The van der Waals surface area contributed by atoms with Crippen molar-refractivity contribution in [2.24, 2.45) is 0 Å². The molecule has 240 valence electrons. The third kappa shape index (κ3) is 4.40. The number of fused-ring (bicyclic) bond motifs is 8. The van der Waals surface area contributed by atoms with Gasteiger partial charge in [-0.3, -0.25) is 0 Å². The molecule has 0 aliphatic heterocycles. The van der Waals surface area contributed by atoms with Gasteiger partial charge in [0.2, 0.25) is 0 Å². The van der Waals surface area contributed by atoms with Crippen LogP contribution >= 0.6 is 0 Å². The first-order valence-electron chi connectivity index (χ1n) is 17.9. The van der Waals surface area contributed by atoms with Gasteiger partial charge in [0.05, 0.1) is 0 Å². The van der Waals surface area contributed by atoms with Gasteiger partial charge in [0.1, 0.15) is 0 Å². The maximum atomic E-state index is 2.44. The van der Waals surface area contributed by atoms with Crippen LogP contribution in [0.15, 0.2) is 164 Å². The Hall–Kier alpha value is -6.24. The molecular weight excluding hydrogens is 613 g/mol. The average molecular weight is 649 g/mol. The van der Waals surface area contributed by atoms with Gasteiger partial charge in [0, 0.05) is 0 Å². The molecule has 0 aliphatic carbocycles. The molecule has 0 fully saturated rings. The summed E-state index contributed by atoms with van der Waals surface area (Å²) in [5.41, 5.74) is 11.8. The van der Waals surface area contributed by atoms with Gasteiger partial charge in [-0.15, -0.1) is 0 Å². The Morgan fingerprint density at radius 2 is 0.529 bits per heavy atom. The van der Waals surface area contributed by atoms with E-state index in [-0.39, 0.29) is 0 Å². The molecule has 0 amide bonds. The SMILES string of the molecule is Cc1c(-c2c3ccccc3cc3ccccc23)c(C)c(-c2cc3ccccc3c3ccccc23)c(C)c1-c1cc2ccccc2c2ccccc12. The molecule has 0 N–H and O–H groups in total. The summed E-state index contributed by atoms with van der Waals surface area (Å²) < 4.78 is 0. The Kier molecular flexibility index (Phi) is 6.63. The first kappa shape index (κ1) is 29.7. The lowest BCUT2D eigenvalue weighted by atomic mass is 9.77. The smallest absolute Gasteiger partial charge is 0.00210 e. The van der Waals surface area contributed by atoms with E-state index in [1.165, 1.54) is 115 Å². The van der Waals surface area contributed by atoms with E-state index in [9.17, 15) is 0 Å². The zero-order valence-electron chi connectivity index (χ0n) is 29.1. The van der Waals surface area contributed by atoms with Crippen LogP contribution in [0.25, 0.3) is 98.0 Å². The minimum absolute atomic E-state index is 1.26. The molecule has 0 unspecified atom stereocenters. The zero-order valence-corrected chi connectivity index (χ0v) is 29.1. The van der Waals surface area contributed by atoms with Crippen LogP contribution in [0.2, 0.25) is 0 Å². The molecule has 0 bridgehead atoms. The highest BCUT2D eigenvalue weighted by molar-refractivity contribution is 6.20. The van der Waals surface area contributed by atoms with Crippen molar-refractivity contribution in [2.75, 3.05) is 0 Å². The molecule has 0 heteroatoms. The highest BCUT2D eigenvalue weighted by Gasteiger charge is 2.25. The van der Waals surface area contributed by atoms with Crippen molar-refractivity contribution < 1.29 is 0 Å². The van der Waals surface area contributed by atoms with Crippen molar-refractivity contribution in [3.8, 4) is 33.4 Å². The molecule has 0 radical (unpaired) electrons. The lowest BCUT2D eigenvalue weighted by molar-refractivity contribution is 1.33. The number of hydrogen-bond acceptors (Lipinski definition) is 0. The van der Waals surface area contributed by atoms with E-state index < -0.39 is 0 Å². The van der Waals surface area contributed by atoms with Crippen molar-refractivity contribution in [1.29, 1.82) is 0 Å². The standard InChI is InChI=1S/C51H36/c1-31-48(46-29-36-18-4-8-20-38(36)42-24-12-14-26-44(42)46)32(2)50(51-40-22-10-6-16-34(40)28-35-17-7-11-23-41(35)51)33(3)49(31)47-30-37-19-5-9-21-39(37)43-25-13-15-27-45(43)47/h4-30H,1-3H3. The highest BCUT2D eigenvalue weighted by Crippen LogP contribution is 2.50. The van der Waals surface area contributed by atoms with Crippen LogP contribution in [0.1, 0.15) is 16.7 Å². The highest BCUT2D eigenvalue weighted by atomic mass is 14.3. The molecule has 0 aliphatic rings. The summed E-state index contributed by atoms with van der Waals surface area (Å²) in [6.07, 6.45) is 0. The van der Waals surface area contributed by atoms with Crippen molar-refractivity contribution in [1.82, 2.24) is 0 Å². The third-order valence-electron chi connectivity index (χ3n) is 11.3. The Labute approximate surface area is 298 Å². The monoisotopic (exact) mass is 648 g/mol. The Bertz CT molecular complexity index is 2850. The molecule has 10 aromatic carbocycles. The van der Waals surface area contributed by atoms with Crippen LogP contribution in [0.3, 0.4) is 0 Å². The Morgan fingerprint density at radius 3 is 0.941 bits per heavy atom. The molecule has 10 rings (SSSR count). The minimum Gasteiger partial charge on any atom is -0.0616 e. The van der Waals surface area contributed by atoms with Crippen LogP contribution in [0.5, 0.6) is 0 Å². The Morgan fingerprint density at radius 1 is 0.235 bits per heavy atom. The van der Waals surface area contributed by atoms with Gasteiger partial charge in [-0.25, -0.2) is 0 Å². The first-order valence-corrected chi connectivity index (χ1v) is 17.9. The van der Waals surface area contributed by atoms with Crippen molar-refractivity contribution in [3.63, 3.8) is 0 Å². The van der Waals surface area contributed by atoms with E-state index in [1.54, 1.807) is 0 Å². The second-order valence-corrected chi connectivity index (χ2v) is 14.1. The van der Waals surface area contributed by atoms with Crippen LogP contribution in [-0.4, -0.2) is 0 Å². The summed E-state index contributed by atoms with van der Waals surface area (Å²) in [5.74, 6) is 0. The number of benzene rings is 10. The van der Waals surface area contributed by atoms with Crippen LogP contribution in [-0.2, 0) is 0 Å². The van der Waals surface area contributed by atoms with E-state index in [4.69, 9.17) is 0 Å². The molecule has 0 nitrogen and oxygen atoms in total. The summed E-state index contributed by atoms with van der Waals surface area (Å²) in [6.45, 7) is 7.10. The predicted octanol–water partition coefficient (Wildman–Crippen LogP) is 14.5. The second kappa shape index (κ2) is 11.4. The van der Waals surface area contributed by atoms with Crippen molar-refractivity contribution in [2.45, 2.75) is 20.8 Å². The average Bonchev–Trinajstić information content (AvgIpc) is 3.17. The van der Waals surface area contributed by atoms with Crippen LogP contribution in [0, 0.1) is 20.8 Å². The molecule has 0 atom stereocenters. The van der Waals surface area contributed by atoms with E-state index in [2.05, 4.69) is 185 Å². The lowest BCUT2D eigenvalue weighted by Crippen LogP contribution is -2.02. The zero-order chi connectivity index (χ0) is 34.2. The molecule has 0 heterocycles.